The van der Waals surface area contributed by atoms with Crippen LogP contribution in [0.25, 0.3) is 0 Å². The van der Waals surface area contributed by atoms with Crippen LogP contribution in [-0.4, -0.2) is 28.5 Å². The number of likely N-dealkylation sites (tertiary alicyclic amines) is 1. The highest BCUT2D eigenvalue weighted by Gasteiger charge is 2.38. The monoisotopic (exact) mass is 488 g/mol. The summed E-state index contributed by atoms with van der Waals surface area (Å²) in [5, 5.41) is 0. The average Bonchev–Trinajstić information content (AvgIpc) is 3.19. The molecule has 2 amide bonds. The third-order valence-electron chi connectivity index (χ3n) is 6.17. The number of hydrogen-bond acceptors (Lipinski definition) is 4. The van der Waals surface area contributed by atoms with Crippen LogP contribution in [0.15, 0.2) is 78.9 Å². The quantitative estimate of drug-likeness (QED) is 0.381. The van der Waals surface area contributed by atoms with Gasteiger partial charge in [-0.2, -0.15) is 0 Å². The number of nitrogens with zero attached hydrogens (tertiary/aromatic N) is 2. The molecule has 1 saturated heterocycles. The number of hydrogen-bond donors (Lipinski definition) is 0. The van der Waals surface area contributed by atoms with E-state index in [1.807, 2.05) is 71.6 Å². The zero-order valence-corrected chi connectivity index (χ0v) is 21.1. The van der Waals surface area contributed by atoms with Crippen molar-refractivity contribution >= 4 is 17.7 Å². The Bertz CT molecular complexity index is 1150. The molecule has 6 heteroatoms. The fraction of sp³-hybridized carbons (Fsp3) is 0.333. The Labute approximate surface area is 212 Å². The predicted octanol–water partition coefficient (Wildman–Crippen LogP) is 6.50. The minimum absolute atomic E-state index is 0.247. The molecule has 0 radical (unpaired) electrons. The molecule has 5 nitrogen and oxygen atoms in total. The minimum atomic E-state index is -0.695. The zero-order valence-electron chi connectivity index (χ0n) is 21.1. The summed E-state index contributed by atoms with van der Waals surface area (Å²) in [5.41, 5.74) is 2.74. The molecule has 4 rings (SSSR count). The third kappa shape index (κ3) is 6.51. The summed E-state index contributed by atoms with van der Waals surface area (Å²) in [6, 6.07) is 24.9. The van der Waals surface area contributed by atoms with Crippen molar-refractivity contribution < 1.29 is 18.7 Å². The van der Waals surface area contributed by atoms with Crippen molar-refractivity contribution in [3.05, 3.63) is 101 Å². The molecule has 0 aromatic heterocycles. The SMILES string of the molecule is CC(C)(C)OC(=O)N1C(=O)CC[C@H]1Cc1ccc(N(Cc2ccccc2)Cc2ccccc2)c(F)c1. The Morgan fingerprint density at radius 3 is 2.06 bits per heavy atom. The van der Waals surface area contributed by atoms with Crippen LogP contribution < -0.4 is 4.90 Å². The number of ether oxygens (including phenoxy) is 1. The maximum atomic E-state index is 15.5. The molecule has 1 aliphatic rings. The predicted molar refractivity (Wildman–Crippen MR) is 139 cm³/mol. The first kappa shape index (κ1) is 25.4. The average molecular weight is 489 g/mol. The van der Waals surface area contributed by atoms with Crippen LogP contribution in [-0.2, 0) is 29.0 Å². The van der Waals surface area contributed by atoms with Gasteiger partial charge in [0.2, 0.25) is 5.91 Å². The first-order valence-corrected chi connectivity index (χ1v) is 12.4. The Morgan fingerprint density at radius 2 is 1.53 bits per heavy atom. The van der Waals surface area contributed by atoms with E-state index in [4.69, 9.17) is 4.74 Å². The van der Waals surface area contributed by atoms with Gasteiger partial charge in [-0.3, -0.25) is 4.79 Å². The molecule has 3 aromatic rings. The highest BCUT2D eigenvalue weighted by Crippen LogP contribution is 2.28. The van der Waals surface area contributed by atoms with Crippen molar-refractivity contribution in [3.63, 3.8) is 0 Å². The van der Waals surface area contributed by atoms with Gasteiger partial charge in [-0.1, -0.05) is 66.7 Å². The normalized spacial score (nSPS) is 15.7. The molecule has 0 N–H and O–H groups in total. The number of halogens is 1. The lowest BCUT2D eigenvalue weighted by Crippen LogP contribution is -2.43. The van der Waals surface area contributed by atoms with Crippen molar-refractivity contribution in [2.45, 2.75) is 64.8 Å². The Balaban J connectivity index is 1.54. The van der Waals surface area contributed by atoms with Gasteiger partial charge in [0.25, 0.3) is 0 Å². The van der Waals surface area contributed by atoms with Gasteiger partial charge < -0.3 is 9.64 Å². The van der Waals surface area contributed by atoms with Crippen LogP contribution in [0.1, 0.15) is 50.3 Å². The standard InChI is InChI=1S/C30H33FN2O3/c1-30(2,3)36-29(35)33-25(15-17-28(33)34)18-24-14-16-27(26(31)19-24)32(20-22-10-6-4-7-11-22)21-23-12-8-5-9-13-23/h4-14,16,19,25H,15,17-18,20-21H2,1-3H3/t25-/m0/s1. The van der Waals surface area contributed by atoms with Crippen molar-refractivity contribution in [2.75, 3.05) is 4.90 Å². The Hall–Kier alpha value is -3.67. The van der Waals surface area contributed by atoms with Gasteiger partial charge in [0.15, 0.2) is 0 Å². The van der Waals surface area contributed by atoms with Gasteiger partial charge >= 0.3 is 6.09 Å². The molecule has 1 aliphatic heterocycles. The smallest absolute Gasteiger partial charge is 0.417 e. The van der Waals surface area contributed by atoms with Crippen molar-refractivity contribution in [1.82, 2.24) is 4.90 Å². The first-order chi connectivity index (χ1) is 17.2. The van der Waals surface area contributed by atoms with Crippen LogP contribution in [0.5, 0.6) is 0 Å². The number of carbonyl (C=O) groups excluding carboxylic acids is 2. The molecule has 3 aromatic carbocycles. The molecule has 0 saturated carbocycles. The first-order valence-electron chi connectivity index (χ1n) is 12.4. The van der Waals surface area contributed by atoms with E-state index >= 15 is 4.39 Å². The summed E-state index contributed by atoms with van der Waals surface area (Å²) >= 11 is 0. The Morgan fingerprint density at radius 1 is 0.944 bits per heavy atom. The molecule has 1 fully saturated rings. The second-order valence-corrected chi connectivity index (χ2v) is 10.3. The highest BCUT2D eigenvalue weighted by molar-refractivity contribution is 5.94. The molecule has 1 heterocycles. The topological polar surface area (TPSA) is 49.9 Å². The van der Waals surface area contributed by atoms with E-state index in [-0.39, 0.29) is 24.2 Å². The molecule has 0 bridgehead atoms. The lowest BCUT2D eigenvalue weighted by Gasteiger charge is -2.28. The largest absolute Gasteiger partial charge is 0.443 e. The van der Waals surface area contributed by atoms with E-state index < -0.39 is 11.7 Å². The summed E-state index contributed by atoms with van der Waals surface area (Å²) in [6.07, 6.45) is 0.575. The van der Waals surface area contributed by atoms with E-state index in [0.29, 0.717) is 31.6 Å². The van der Waals surface area contributed by atoms with Gasteiger partial charge in [0.05, 0.1) is 5.69 Å². The second-order valence-electron chi connectivity index (χ2n) is 10.3. The molecular weight excluding hydrogens is 455 g/mol. The van der Waals surface area contributed by atoms with Crippen LogP contribution in [0.4, 0.5) is 14.9 Å². The molecule has 0 aliphatic carbocycles. The van der Waals surface area contributed by atoms with Gasteiger partial charge in [0, 0.05) is 25.6 Å². The minimum Gasteiger partial charge on any atom is -0.443 e. The maximum absolute atomic E-state index is 15.5. The number of anilines is 1. The van der Waals surface area contributed by atoms with Gasteiger partial charge in [-0.25, -0.2) is 14.1 Å². The van der Waals surface area contributed by atoms with Crippen molar-refractivity contribution in [1.29, 1.82) is 0 Å². The van der Waals surface area contributed by atoms with E-state index in [1.54, 1.807) is 26.8 Å². The molecular formula is C30H33FN2O3. The summed E-state index contributed by atoms with van der Waals surface area (Å²) in [6.45, 7) is 6.44. The number of benzene rings is 3. The van der Waals surface area contributed by atoms with Gasteiger partial charge in [-0.05, 0) is 62.4 Å². The third-order valence-corrected chi connectivity index (χ3v) is 6.17. The fourth-order valence-electron chi connectivity index (χ4n) is 4.54. The van der Waals surface area contributed by atoms with E-state index in [0.717, 1.165) is 16.7 Å². The highest BCUT2D eigenvalue weighted by atomic mass is 19.1. The molecule has 0 spiro atoms. The van der Waals surface area contributed by atoms with Crippen LogP contribution in [0, 0.1) is 5.82 Å². The van der Waals surface area contributed by atoms with Crippen molar-refractivity contribution in [2.24, 2.45) is 0 Å². The number of carbonyl (C=O) groups is 2. The number of imide groups is 1. The second kappa shape index (κ2) is 10.9. The fourth-order valence-corrected chi connectivity index (χ4v) is 4.54. The van der Waals surface area contributed by atoms with E-state index in [2.05, 4.69) is 0 Å². The van der Waals surface area contributed by atoms with Crippen LogP contribution >= 0.6 is 0 Å². The molecule has 188 valence electrons. The molecule has 0 unspecified atom stereocenters. The summed E-state index contributed by atoms with van der Waals surface area (Å²) < 4.78 is 21.0. The lowest BCUT2D eigenvalue weighted by atomic mass is 10.0. The molecule has 1 atom stereocenters. The van der Waals surface area contributed by atoms with Gasteiger partial charge in [0.1, 0.15) is 11.4 Å². The van der Waals surface area contributed by atoms with Crippen LogP contribution in [0.3, 0.4) is 0 Å². The number of amides is 2. The number of rotatable bonds is 7. The molecule has 36 heavy (non-hydrogen) atoms. The maximum Gasteiger partial charge on any atom is 0.417 e. The van der Waals surface area contributed by atoms with Crippen LogP contribution in [0.2, 0.25) is 0 Å². The Kier molecular flexibility index (Phi) is 7.73. The van der Waals surface area contributed by atoms with E-state index in [9.17, 15) is 9.59 Å². The summed E-state index contributed by atoms with van der Waals surface area (Å²) in [7, 11) is 0. The zero-order chi connectivity index (χ0) is 25.7. The van der Waals surface area contributed by atoms with Gasteiger partial charge in [-0.15, -0.1) is 0 Å². The summed E-state index contributed by atoms with van der Waals surface area (Å²) in [5.74, 6) is -0.573. The van der Waals surface area contributed by atoms with E-state index in [1.165, 1.54) is 11.0 Å². The van der Waals surface area contributed by atoms with Crippen molar-refractivity contribution in [3.8, 4) is 0 Å². The lowest BCUT2D eigenvalue weighted by molar-refractivity contribution is -0.128. The summed E-state index contributed by atoms with van der Waals surface area (Å²) in [4.78, 5) is 28.3.